The summed E-state index contributed by atoms with van der Waals surface area (Å²) >= 11 is 10.8. The van der Waals surface area contributed by atoms with Gasteiger partial charge in [-0.3, -0.25) is 9.59 Å². The highest BCUT2D eigenvalue weighted by Gasteiger charge is 2.28. The zero-order chi connectivity index (χ0) is 27.3. The molecule has 11 heteroatoms. The molecule has 1 aromatic heterocycles. The Morgan fingerprint density at radius 1 is 1.16 bits per heavy atom. The first-order chi connectivity index (χ1) is 18.1. The minimum atomic E-state index is -3.76. The van der Waals surface area contributed by atoms with Gasteiger partial charge in [0.15, 0.2) is 0 Å². The first kappa shape index (κ1) is 29.0. The number of hydrogen-bond donors (Lipinski definition) is 2. The number of halogens is 2. The molecule has 1 heterocycles. The van der Waals surface area contributed by atoms with E-state index in [1.54, 1.807) is 12.1 Å². The second-order valence-electron chi connectivity index (χ2n) is 9.61. The van der Waals surface area contributed by atoms with Crippen molar-refractivity contribution >= 4 is 70.8 Å². The van der Waals surface area contributed by atoms with Gasteiger partial charge in [0.05, 0.1) is 9.90 Å². The van der Waals surface area contributed by atoms with Gasteiger partial charge in [-0.2, -0.15) is 0 Å². The van der Waals surface area contributed by atoms with Crippen LogP contribution in [0.2, 0.25) is 5.02 Å². The van der Waals surface area contributed by atoms with E-state index in [0.29, 0.717) is 28.1 Å². The van der Waals surface area contributed by atoms with Crippen LogP contribution in [0.25, 0.3) is 10.1 Å². The summed E-state index contributed by atoms with van der Waals surface area (Å²) in [5, 5.41) is 7.01. The van der Waals surface area contributed by atoms with Crippen LogP contribution >= 0.6 is 38.9 Å². The van der Waals surface area contributed by atoms with Crippen molar-refractivity contribution in [3.63, 3.8) is 0 Å². The molecule has 1 aliphatic rings. The maximum atomic E-state index is 13.1. The quantitative estimate of drug-likeness (QED) is 0.258. The second-order valence-corrected chi connectivity index (χ2v) is 14.0. The molecule has 1 fully saturated rings. The van der Waals surface area contributed by atoms with E-state index in [4.69, 9.17) is 11.6 Å². The van der Waals surface area contributed by atoms with E-state index in [9.17, 15) is 18.0 Å². The highest BCUT2D eigenvalue weighted by Crippen LogP contribution is 2.30. The number of rotatable bonds is 11. The van der Waals surface area contributed by atoms with Crippen molar-refractivity contribution in [2.24, 2.45) is 5.92 Å². The van der Waals surface area contributed by atoms with Gasteiger partial charge in [0.25, 0.3) is 5.91 Å². The van der Waals surface area contributed by atoms with Crippen molar-refractivity contribution < 1.29 is 18.0 Å². The maximum Gasteiger partial charge on any atom is 0.262 e. The Morgan fingerprint density at radius 3 is 2.61 bits per heavy atom. The Morgan fingerprint density at radius 2 is 1.89 bits per heavy atom. The van der Waals surface area contributed by atoms with Gasteiger partial charge >= 0.3 is 0 Å². The summed E-state index contributed by atoms with van der Waals surface area (Å²) in [6.07, 6.45) is 5.42. The van der Waals surface area contributed by atoms with Gasteiger partial charge in [-0.25, -0.2) is 12.7 Å². The minimum absolute atomic E-state index is 0.0366. The van der Waals surface area contributed by atoms with Crippen molar-refractivity contribution in [2.45, 2.75) is 49.5 Å². The smallest absolute Gasteiger partial charge is 0.262 e. The number of hydrogen-bond acceptors (Lipinski definition) is 5. The lowest BCUT2D eigenvalue weighted by Crippen LogP contribution is -2.48. The fraction of sp³-hybridized carbons (Fsp3) is 0.407. The summed E-state index contributed by atoms with van der Waals surface area (Å²) in [5.74, 6) is -0.0882. The van der Waals surface area contributed by atoms with Crippen LogP contribution in [0.3, 0.4) is 0 Å². The summed E-state index contributed by atoms with van der Waals surface area (Å²) in [4.78, 5) is 26.8. The number of fused-ring (bicyclic) bond motifs is 1. The average Bonchev–Trinajstić information content (AvgIpc) is 3.55. The third-order valence-electron chi connectivity index (χ3n) is 6.85. The van der Waals surface area contributed by atoms with Crippen LogP contribution in [0.4, 0.5) is 0 Å². The van der Waals surface area contributed by atoms with Crippen molar-refractivity contribution in [1.82, 2.24) is 14.9 Å². The Hall–Kier alpha value is -1.98. The maximum absolute atomic E-state index is 13.1. The molecule has 1 atom stereocenters. The molecule has 7 nitrogen and oxygen atoms in total. The largest absolute Gasteiger partial charge is 0.354 e. The third-order valence-corrected chi connectivity index (χ3v) is 10.8. The molecule has 0 aliphatic heterocycles. The number of benzene rings is 2. The SMILES string of the molecule is CN(CCCNC(=O)[C@H](CC1CCCC1)NC(=O)c1cc2ccccc2s1)S(=O)(=O)c1ccc(Br)cc1Cl. The fourth-order valence-electron chi connectivity index (χ4n) is 4.74. The number of thiophene rings is 1. The van der Waals surface area contributed by atoms with Gasteiger partial charge in [-0.05, 0) is 54.5 Å². The number of sulfonamides is 1. The highest BCUT2D eigenvalue weighted by molar-refractivity contribution is 9.10. The first-order valence-corrected chi connectivity index (χ1v) is 16.1. The molecule has 0 bridgehead atoms. The van der Waals surface area contributed by atoms with Gasteiger partial charge < -0.3 is 10.6 Å². The van der Waals surface area contributed by atoms with Crippen LogP contribution in [0, 0.1) is 5.92 Å². The van der Waals surface area contributed by atoms with Gasteiger partial charge in [-0.1, -0.05) is 71.4 Å². The van der Waals surface area contributed by atoms with Crippen LogP contribution in [0.5, 0.6) is 0 Å². The zero-order valence-corrected chi connectivity index (χ0v) is 25.1. The molecule has 1 saturated carbocycles. The lowest BCUT2D eigenvalue weighted by Gasteiger charge is -2.22. The third kappa shape index (κ3) is 7.15. The van der Waals surface area contributed by atoms with Gasteiger partial charge in [0.2, 0.25) is 15.9 Å². The Balaban J connectivity index is 1.34. The molecule has 204 valence electrons. The van der Waals surface area contributed by atoms with Crippen molar-refractivity contribution in [3.8, 4) is 0 Å². The monoisotopic (exact) mass is 639 g/mol. The van der Waals surface area contributed by atoms with E-state index in [1.165, 1.54) is 28.8 Å². The van der Waals surface area contributed by atoms with Gasteiger partial charge in [0, 0.05) is 29.3 Å². The minimum Gasteiger partial charge on any atom is -0.354 e. The average molecular weight is 641 g/mol. The Bertz CT molecular complexity index is 1370. The van der Waals surface area contributed by atoms with Crippen LogP contribution < -0.4 is 10.6 Å². The summed E-state index contributed by atoms with van der Waals surface area (Å²) < 4.78 is 28.8. The van der Waals surface area contributed by atoms with Crippen LogP contribution in [0.1, 0.15) is 48.2 Å². The van der Waals surface area contributed by atoms with Crippen molar-refractivity contribution in [3.05, 3.63) is 62.9 Å². The summed E-state index contributed by atoms with van der Waals surface area (Å²) in [6.45, 7) is 0.489. The van der Waals surface area contributed by atoms with E-state index in [1.807, 2.05) is 30.3 Å². The summed E-state index contributed by atoms with van der Waals surface area (Å²) in [5.41, 5.74) is 0. The summed E-state index contributed by atoms with van der Waals surface area (Å²) in [7, 11) is -2.28. The topological polar surface area (TPSA) is 95.6 Å². The molecule has 0 unspecified atom stereocenters. The normalized spacial score (nSPS) is 15.2. The number of amides is 2. The van der Waals surface area contributed by atoms with E-state index < -0.39 is 16.1 Å². The van der Waals surface area contributed by atoms with E-state index in [0.717, 1.165) is 35.8 Å². The molecular weight excluding hydrogens is 610 g/mol. The number of carbonyl (C=O) groups is 2. The molecule has 2 N–H and O–H groups in total. The molecule has 3 aromatic rings. The molecule has 1 aliphatic carbocycles. The van der Waals surface area contributed by atoms with Gasteiger partial charge in [-0.15, -0.1) is 11.3 Å². The second kappa shape index (κ2) is 12.9. The lowest BCUT2D eigenvalue weighted by atomic mass is 9.97. The van der Waals surface area contributed by atoms with Crippen LogP contribution in [-0.2, 0) is 14.8 Å². The lowest BCUT2D eigenvalue weighted by molar-refractivity contribution is -0.123. The van der Waals surface area contributed by atoms with E-state index >= 15 is 0 Å². The molecule has 2 amide bonds. The molecule has 2 aromatic carbocycles. The van der Waals surface area contributed by atoms with E-state index in [2.05, 4.69) is 26.6 Å². The summed E-state index contributed by atoms with van der Waals surface area (Å²) in [6, 6.07) is 13.7. The molecular formula is C27H31BrClN3O4S2. The Kier molecular flexibility index (Phi) is 9.86. The predicted molar refractivity (Wildman–Crippen MR) is 156 cm³/mol. The number of nitrogens with zero attached hydrogens (tertiary/aromatic N) is 1. The van der Waals surface area contributed by atoms with Crippen molar-refractivity contribution in [2.75, 3.05) is 20.1 Å². The standard InChI is InChI=1S/C27H31BrClN3O4S2/c1-32(38(35,36)25-12-11-20(28)17-21(25)29)14-6-13-30-26(33)22(15-18-7-2-3-8-18)31-27(34)24-16-19-9-4-5-10-23(19)37-24/h4-5,9-12,16-18,22H,2-3,6-8,13-15H2,1H3,(H,30,33)(H,31,34)/t22-/m0/s1. The number of nitrogens with one attached hydrogen (secondary N) is 2. The highest BCUT2D eigenvalue weighted by atomic mass is 79.9. The Labute approximate surface area is 241 Å². The molecule has 0 spiro atoms. The van der Waals surface area contributed by atoms with E-state index in [-0.39, 0.29) is 34.8 Å². The van der Waals surface area contributed by atoms with Crippen molar-refractivity contribution in [1.29, 1.82) is 0 Å². The zero-order valence-electron chi connectivity index (χ0n) is 21.1. The molecule has 38 heavy (non-hydrogen) atoms. The fourth-order valence-corrected chi connectivity index (χ4v) is 7.93. The molecule has 0 saturated heterocycles. The van der Waals surface area contributed by atoms with Gasteiger partial charge in [0.1, 0.15) is 10.9 Å². The first-order valence-electron chi connectivity index (χ1n) is 12.6. The van der Waals surface area contributed by atoms with Crippen LogP contribution in [-0.4, -0.2) is 50.7 Å². The van der Waals surface area contributed by atoms with Crippen LogP contribution in [0.15, 0.2) is 57.9 Å². The molecule has 4 rings (SSSR count). The molecule has 0 radical (unpaired) electrons. The predicted octanol–water partition coefficient (Wildman–Crippen LogP) is 5.82. The number of carbonyl (C=O) groups excluding carboxylic acids is 2.